The fourth-order valence-electron chi connectivity index (χ4n) is 3.66. The number of alkyl halides is 3. The van der Waals surface area contributed by atoms with Gasteiger partial charge in [-0.05, 0) is 60.7 Å². The van der Waals surface area contributed by atoms with Crippen LogP contribution in [0.3, 0.4) is 0 Å². The number of halogens is 3. The first-order valence-electron chi connectivity index (χ1n) is 12.3. The standard InChI is InChI=1S/C30H26F3N3O4/c31-30(32,33)22-9-7-11-24(19-22)36-29(38)21-8-6-10-23(18-21)35-28(37)20-34-26-14-4-5-15-27(26)40-17-16-39-25-12-2-1-3-13-25/h1-15,18-19,34H,16-17,20H2,(H,35,37)(H,36,38). The van der Waals surface area contributed by atoms with Gasteiger partial charge in [-0.2, -0.15) is 13.2 Å². The number of rotatable bonds is 11. The molecule has 0 saturated carbocycles. The summed E-state index contributed by atoms with van der Waals surface area (Å²) in [6.45, 7) is 0.563. The van der Waals surface area contributed by atoms with Gasteiger partial charge in [-0.3, -0.25) is 9.59 Å². The van der Waals surface area contributed by atoms with Crippen molar-refractivity contribution in [2.45, 2.75) is 6.18 Å². The summed E-state index contributed by atoms with van der Waals surface area (Å²) >= 11 is 0. The molecule has 206 valence electrons. The first-order chi connectivity index (χ1) is 19.3. The van der Waals surface area contributed by atoms with Crippen molar-refractivity contribution in [1.82, 2.24) is 0 Å². The third kappa shape index (κ3) is 8.26. The topological polar surface area (TPSA) is 88.7 Å². The van der Waals surface area contributed by atoms with Crippen molar-refractivity contribution < 1.29 is 32.2 Å². The third-order valence-electron chi connectivity index (χ3n) is 5.54. The van der Waals surface area contributed by atoms with Crippen molar-refractivity contribution in [3.8, 4) is 11.5 Å². The molecular formula is C30H26F3N3O4. The van der Waals surface area contributed by atoms with Crippen LogP contribution >= 0.6 is 0 Å². The van der Waals surface area contributed by atoms with Gasteiger partial charge in [0.25, 0.3) is 5.91 Å². The van der Waals surface area contributed by atoms with E-state index in [1.807, 2.05) is 36.4 Å². The van der Waals surface area contributed by atoms with Gasteiger partial charge in [-0.15, -0.1) is 0 Å². The van der Waals surface area contributed by atoms with Crippen LogP contribution in [0, 0.1) is 0 Å². The molecule has 0 radical (unpaired) electrons. The molecule has 40 heavy (non-hydrogen) atoms. The molecule has 0 spiro atoms. The quantitative estimate of drug-likeness (QED) is 0.187. The lowest BCUT2D eigenvalue weighted by molar-refractivity contribution is -0.137. The summed E-state index contributed by atoms with van der Waals surface area (Å²) < 4.78 is 50.3. The van der Waals surface area contributed by atoms with Crippen molar-refractivity contribution in [2.75, 3.05) is 35.7 Å². The Morgan fingerprint density at radius 3 is 2.15 bits per heavy atom. The predicted octanol–water partition coefficient (Wildman–Crippen LogP) is 6.47. The van der Waals surface area contributed by atoms with Crippen LogP contribution in [0.25, 0.3) is 0 Å². The Balaban J connectivity index is 1.28. The van der Waals surface area contributed by atoms with E-state index in [1.54, 1.807) is 30.3 Å². The van der Waals surface area contributed by atoms with Crippen molar-refractivity contribution in [3.05, 3.63) is 114 Å². The molecule has 0 aliphatic rings. The molecule has 0 heterocycles. The minimum atomic E-state index is -4.53. The fourth-order valence-corrected chi connectivity index (χ4v) is 3.66. The van der Waals surface area contributed by atoms with Crippen LogP contribution in [-0.4, -0.2) is 31.6 Å². The molecule has 0 atom stereocenters. The molecule has 0 aromatic heterocycles. The minimum Gasteiger partial charge on any atom is -0.490 e. The van der Waals surface area contributed by atoms with Crippen LogP contribution in [0.15, 0.2) is 103 Å². The first kappa shape index (κ1) is 28.0. The van der Waals surface area contributed by atoms with E-state index in [2.05, 4.69) is 16.0 Å². The van der Waals surface area contributed by atoms with Crippen molar-refractivity contribution in [1.29, 1.82) is 0 Å². The Morgan fingerprint density at radius 1 is 0.700 bits per heavy atom. The monoisotopic (exact) mass is 549 g/mol. The molecule has 4 aromatic carbocycles. The van der Waals surface area contributed by atoms with E-state index in [9.17, 15) is 22.8 Å². The van der Waals surface area contributed by atoms with E-state index in [-0.39, 0.29) is 23.7 Å². The summed E-state index contributed by atoms with van der Waals surface area (Å²) in [5.74, 6) is 0.306. The second kappa shape index (κ2) is 13.2. The minimum absolute atomic E-state index is 0.00553. The van der Waals surface area contributed by atoms with Crippen molar-refractivity contribution in [3.63, 3.8) is 0 Å². The summed E-state index contributed by atoms with van der Waals surface area (Å²) in [7, 11) is 0. The van der Waals surface area contributed by atoms with Crippen LogP contribution < -0.4 is 25.4 Å². The molecule has 4 aromatic rings. The Kier molecular flexibility index (Phi) is 9.24. The fraction of sp³-hybridized carbons (Fsp3) is 0.133. The molecule has 0 saturated heterocycles. The van der Waals surface area contributed by atoms with Crippen molar-refractivity contribution in [2.24, 2.45) is 0 Å². The van der Waals surface area contributed by atoms with E-state index >= 15 is 0 Å². The first-order valence-corrected chi connectivity index (χ1v) is 12.3. The highest BCUT2D eigenvalue weighted by molar-refractivity contribution is 6.05. The smallest absolute Gasteiger partial charge is 0.416 e. The Labute approximate surface area is 228 Å². The van der Waals surface area contributed by atoms with Gasteiger partial charge in [0.1, 0.15) is 24.7 Å². The summed E-state index contributed by atoms with van der Waals surface area (Å²) in [5.41, 5.74) is 0.273. The molecule has 0 unspecified atom stereocenters. The van der Waals surface area contributed by atoms with Crippen molar-refractivity contribution >= 4 is 28.9 Å². The molecular weight excluding hydrogens is 523 g/mol. The van der Waals surface area contributed by atoms with Crippen LogP contribution in [0.2, 0.25) is 0 Å². The van der Waals surface area contributed by atoms with E-state index in [4.69, 9.17) is 9.47 Å². The number of anilines is 3. The zero-order chi connectivity index (χ0) is 28.4. The maximum Gasteiger partial charge on any atom is 0.416 e. The van der Waals surface area contributed by atoms with E-state index in [0.29, 0.717) is 30.3 Å². The zero-order valence-corrected chi connectivity index (χ0v) is 21.2. The van der Waals surface area contributed by atoms with Crippen LogP contribution in [-0.2, 0) is 11.0 Å². The number of nitrogens with one attached hydrogen (secondary N) is 3. The highest BCUT2D eigenvalue weighted by Crippen LogP contribution is 2.31. The number of benzene rings is 4. The molecule has 0 aliphatic heterocycles. The van der Waals surface area contributed by atoms with Gasteiger partial charge in [-0.1, -0.05) is 42.5 Å². The maximum atomic E-state index is 13.0. The Bertz CT molecular complexity index is 1450. The molecule has 0 bridgehead atoms. The summed E-state index contributed by atoms with van der Waals surface area (Å²) in [5, 5.41) is 8.18. The number of hydrogen-bond donors (Lipinski definition) is 3. The average Bonchev–Trinajstić information content (AvgIpc) is 2.95. The van der Waals surface area contributed by atoms with Crippen LogP contribution in [0.5, 0.6) is 11.5 Å². The third-order valence-corrected chi connectivity index (χ3v) is 5.54. The molecule has 4 rings (SSSR count). The number of amides is 2. The van der Waals surface area contributed by atoms with Crippen LogP contribution in [0.4, 0.5) is 30.2 Å². The maximum absolute atomic E-state index is 13.0. The average molecular weight is 550 g/mol. The number of carbonyl (C=O) groups is 2. The number of para-hydroxylation sites is 3. The highest BCUT2D eigenvalue weighted by Gasteiger charge is 2.30. The molecule has 7 nitrogen and oxygen atoms in total. The van der Waals surface area contributed by atoms with E-state index < -0.39 is 17.6 Å². The summed E-state index contributed by atoms with van der Waals surface area (Å²) in [6.07, 6.45) is -4.53. The second-order valence-corrected chi connectivity index (χ2v) is 8.52. The number of carbonyl (C=O) groups excluding carboxylic acids is 2. The molecule has 0 fully saturated rings. The van der Waals surface area contributed by atoms with E-state index in [0.717, 1.165) is 17.9 Å². The van der Waals surface area contributed by atoms with Gasteiger partial charge in [0.05, 0.1) is 17.8 Å². The normalized spacial score (nSPS) is 10.9. The Hall–Kier alpha value is -4.99. The largest absolute Gasteiger partial charge is 0.490 e. The van der Waals surface area contributed by atoms with Gasteiger partial charge in [-0.25, -0.2) is 0 Å². The van der Waals surface area contributed by atoms with E-state index in [1.165, 1.54) is 24.3 Å². The molecule has 0 aliphatic carbocycles. The van der Waals surface area contributed by atoms with Gasteiger partial charge in [0.2, 0.25) is 5.91 Å². The van der Waals surface area contributed by atoms with Gasteiger partial charge in [0, 0.05) is 16.9 Å². The summed E-state index contributed by atoms with van der Waals surface area (Å²) in [4.78, 5) is 25.2. The lowest BCUT2D eigenvalue weighted by atomic mass is 10.1. The molecule has 3 N–H and O–H groups in total. The SMILES string of the molecule is O=C(CNc1ccccc1OCCOc1ccccc1)Nc1cccc(C(=O)Nc2cccc(C(F)(F)F)c2)c1. The highest BCUT2D eigenvalue weighted by atomic mass is 19.4. The van der Waals surface area contributed by atoms with Gasteiger partial charge < -0.3 is 25.4 Å². The molecule has 2 amide bonds. The molecule has 10 heteroatoms. The lowest BCUT2D eigenvalue weighted by Crippen LogP contribution is -2.22. The second-order valence-electron chi connectivity index (χ2n) is 8.52. The lowest BCUT2D eigenvalue weighted by Gasteiger charge is -2.14. The summed E-state index contributed by atoms with van der Waals surface area (Å²) in [6, 6.07) is 27.0. The predicted molar refractivity (Wildman–Crippen MR) is 147 cm³/mol. The van der Waals surface area contributed by atoms with Gasteiger partial charge >= 0.3 is 6.18 Å². The van der Waals surface area contributed by atoms with Gasteiger partial charge in [0.15, 0.2) is 0 Å². The Morgan fingerprint density at radius 2 is 1.38 bits per heavy atom. The number of hydrogen-bond acceptors (Lipinski definition) is 5. The zero-order valence-electron chi connectivity index (χ0n) is 21.2. The number of ether oxygens (including phenoxy) is 2. The van der Waals surface area contributed by atoms with Crippen LogP contribution in [0.1, 0.15) is 15.9 Å².